The summed E-state index contributed by atoms with van der Waals surface area (Å²) in [5.41, 5.74) is 7.62. The molecular formula is C21H24N6O3. The zero-order valence-corrected chi connectivity index (χ0v) is 16.7. The van der Waals surface area contributed by atoms with Crippen molar-refractivity contribution in [3.05, 3.63) is 48.0 Å². The number of rotatable bonds is 5. The predicted octanol–water partition coefficient (Wildman–Crippen LogP) is 1.86. The van der Waals surface area contributed by atoms with Crippen molar-refractivity contribution in [2.24, 2.45) is 0 Å². The van der Waals surface area contributed by atoms with Gasteiger partial charge in [-0.3, -0.25) is 4.90 Å². The van der Waals surface area contributed by atoms with Crippen molar-refractivity contribution in [1.82, 2.24) is 19.9 Å². The van der Waals surface area contributed by atoms with Gasteiger partial charge < -0.3 is 25.6 Å². The third-order valence-corrected chi connectivity index (χ3v) is 5.05. The lowest BCUT2D eigenvalue weighted by Crippen LogP contribution is -2.46. The lowest BCUT2D eigenvalue weighted by Gasteiger charge is -2.34. The van der Waals surface area contributed by atoms with Crippen LogP contribution in [0.1, 0.15) is 5.56 Å². The standard InChI is InChI=1S/C21H24N6O3/c1-30-18-6-5-14(11-17(18)29)13-26-7-9-27(10-8-26)21-24-19(23-20(22)25-21)15-3-2-4-16(28)12-15/h2-6,11-12,28-29H,7-10,13H2,1H3,(H2,22,23,24,25). The molecule has 2 heterocycles. The zero-order valence-electron chi connectivity index (χ0n) is 16.7. The molecule has 4 N–H and O–H groups in total. The number of hydrogen-bond acceptors (Lipinski definition) is 9. The van der Waals surface area contributed by atoms with Crippen LogP contribution in [0.4, 0.5) is 11.9 Å². The van der Waals surface area contributed by atoms with Gasteiger partial charge in [-0.25, -0.2) is 0 Å². The van der Waals surface area contributed by atoms with Crippen LogP contribution in [-0.4, -0.2) is 63.4 Å². The Balaban J connectivity index is 1.43. The number of phenols is 2. The molecular weight excluding hydrogens is 384 g/mol. The third-order valence-electron chi connectivity index (χ3n) is 5.05. The van der Waals surface area contributed by atoms with Crippen molar-refractivity contribution >= 4 is 11.9 Å². The normalized spacial score (nSPS) is 14.6. The lowest BCUT2D eigenvalue weighted by molar-refractivity contribution is 0.248. The highest BCUT2D eigenvalue weighted by Crippen LogP contribution is 2.27. The van der Waals surface area contributed by atoms with Crippen LogP contribution in [0.15, 0.2) is 42.5 Å². The van der Waals surface area contributed by atoms with Crippen LogP contribution in [0.2, 0.25) is 0 Å². The summed E-state index contributed by atoms with van der Waals surface area (Å²) in [7, 11) is 1.54. The fraction of sp³-hybridized carbons (Fsp3) is 0.286. The van der Waals surface area contributed by atoms with Gasteiger partial charge in [0.05, 0.1) is 7.11 Å². The molecule has 1 saturated heterocycles. The zero-order chi connectivity index (χ0) is 21.1. The van der Waals surface area contributed by atoms with E-state index in [4.69, 9.17) is 10.5 Å². The first-order valence-electron chi connectivity index (χ1n) is 9.66. The minimum Gasteiger partial charge on any atom is -0.508 e. The van der Waals surface area contributed by atoms with Crippen LogP contribution in [0.25, 0.3) is 11.4 Å². The molecule has 2 aromatic carbocycles. The Morgan fingerprint density at radius 1 is 1.00 bits per heavy atom. The number of aromatic nitrogens is 3. The van der Waals surface area contributed by atoms with E-state index >= 15 is 0 Å². The van der Waals surface area contributed by atoms with Gasteiger partial charge in [0.2, 0.25) is 11.9 Å². The average Bonchev–Trinajstić information content (AvgIpc) is 2.74. The van der Waals surface area contributed by atoms with E-state index in [9.17, 15) is 10.2 Å². The monoisotopic (exact) mass is 408 g/mol. The molecule has 0 unspecified atom stereocenters. The molecule has 0 atom stereocenters. The molecule has 0 radical (unpaired) electrons. The molecule has 9 heteroatoms. The number of phenolic OH excluding ortho intramolecular Hbond substituents is 2. The van der Waals surface area contributed by atoms with Crippen LogP contribution in [0.3, 0.4) is 0 Å². The maximum Gasteiger partial charge on any atom is 0.230 e. The van der Waals surface area contributed by atoms with E-state index in [0.29, 0.717) is 23.1 Å². The number of aromatic hydroxyl groups is 2. The predicted molar refractivity (Wildman–Crippen MR) is 113 cm³/mol. The molecule has 0 bridgehead atoms. The number of nitrogens with zero attached hydrogens (tertiary/aromatic N) is 5. The molecule has 0 saturated carbocycles. The first-order valence-corrected chi connectivity index (χ1v) is 9.66. The average molecular weight is 408 g/mol. The summed E-state index contributed by atoms with van der Waals surface area (Å²) in [5, 5.41) is 19.7. The largest absolute Gasteiger partial charge is 0.508 e. The number of anilines is 2. The van der Waals surface area contributed by atoms with E-state index in [2.05, 4.69) is 24.8 Å². The molecule has 1 aliphatic heterocycles. The highest BCUT2D eigenvalue weighted by atomic mass is 16.5. The number of ether oxygens (including phenoxy) is 1. The topological polar surface area (TPSA) is 121 Å². The summed E-state index contributed by atoms with van der Waals surface area (Å²) in [4.78, 5) is 17.4. The van der Waals surface area contributed by atoms with Crippen LogP contribution in [0.5, 0.6) is 17.2 Å². The van der Waals surface area contributed by atoms with Crippen molar-refractivity contribution in [3.63, 3.8) is 0 Å². The van der Waals surface area contributed by atoms with Crippen LogP contribution in [0, 0.1) is 0 Å². The molecule has 1 aromatic heterocycles. The SMILES string of the molecule is COc1ccc(CN2CCN(c3nc(N)nc(-c4cccc(O)c4)n3)CC2)cc1O. The summed E-state index contributed by atoms with van der Waals surface area (Å²) in [6.45, 7) is 3.86. The van der Waals surface area contributed by atoms with E-state index in [1.807, 2.05) is 12.1 Å². The Kier molecular flexibility index (Phi) is 5.53. The highest BCUT2D eigenvalue weighted by Gasteiger charge is 2.21. The van der Waals surface area contributed by atoms with E-state index in [-0.39, 0.29) is 17.4 Å². The van der Waals surface area contributed by atoms with E-state index < -0.39 is 0 Å². The van der Waals surface area contributed by atoms with Gasteiger partial charge >= 0.3 is 0 Å². The molecule has 156 valence electrons. The molecule has 1 fully saturated rings. The smallest absolute Gasteiger partial charge is 0.230 e. The Hall–Kier alpha value is -3.59. The Labute approximate surface area is 174 Å². The first kappa shape index (κ1) is 19.7. The Bertz CT molecular complexity index is 1040. The van der Waals surface area contributed by atoms with E-state index in [1.165, 1.54) is 7.11 Å². The number of hydrogen-bond donors (Lipinski definition) is 3. The number of benzene rings is 2. The minimum absolute atomic E-state index is 0.145. The van der Waals surface area contributed by atoms with Gasteiger partial charge in [0.25, 0.3) is 0 Å². The molecule has 3 aromatic rings. The summed E-state index contributed by atoms with van der Waals surface area (Å²) in [6.07, 6.45) is 0. The number of nitrogen functional groups attached to an aromatic ring is 1. The maximum atomic E-state index is 9.97. The maximum absolute atomic E-state index is 9.97. The van der Waals surface area contributed by atoms with Gasteiger partial charge in [0.15, 0.2) is 17.3 Å². The van der Waals surface area contributed by atoms with Crippen LogP contribution in [-0.2, 0) is 6.54 Å². The fourth-order valence-corrected chi connectivity index (χ4v) is 3.49. The van der Waals surface area contributed by atoms with Gasteiger partial charge in [-0.2, -0.15) is 15.0 Å². The van der Waals surface area contributed by atoms with Crippen molar-refractivity contribution in [3.8, 4) is 28.6 Å². The summed E-state index contributed by atoms with van der Waals surface area (Å²) in [5.74, 6) is 1.88. The molecule has 1 aliphatic rings. The second-order valence-corrected chi connectivity index (χ2v) is 7.14. The van der Waals surface area contributed by atoms with Gasteiger partial charge in [-0.05, 0) is 29.8 Å². The summed E-state index contributed by atoms with van der Waals surface area (Å²) in [6, 6.07) is 12.2. The van der Waals surface area contributed by atoms with Crippen LogP contribution >= 0.6 is 0 Å². The van der Waals surface area contributed by atoms with Crippen molar-refractivity contribution in [2.75, 3.05) is 43.9 Å². The number of methoxy groups -OCH3 is 1. The quantitative estimate of drug-likeness (QED) is 0.581. The summed E-state index contributed by atoms with van der Waals surface area (Å²) >= 11 is 0. The van der Waals surface area contributed by atoms with Gasteiger partial charge in [0.1, 0.15) is 5.75 Å². The second-order valence-electron chi connectivity index (χ2n) is 7.14. The van der Waals surface area contributed by atoms with Crippen molar-refractivity contribution in [1.29, 1.82) is 0 Å². The van der Waals surface area contributed by atoms with Gasteiger partial charge in [0, 0.05) is 38.3 Å². The Morgan fingerprint density at radius 3 is 2.50 bits per heavy atom. The van der Waals surface area contributed by atoms with Crippen molar-refractivity contribution in [2.45, 2.75) is 6.54 Å². The molecule has 0 amide bonds. The molecule has 9 nitrogen and oxygen atoms in total. The van der Waals surface area contributed by atoms with E-state index in [0.717, 1.165) is 38.3 Å². The summed E-state index contributed by atoms with van der Waals surface area (Å²) < 4.78 is 5.10. The Morgan fingerprint density at radius 2 is 1.80 bits per heavy atom. The number of piperazine rings is 1. The molecule has 0 spiro atoms. The minimum atomic E-state index is 0.145. The highest BCUT2D eigenvalue weighted by molar-refractivity contribution is 5.59. The third kappa shape index (κ3) is 4.36. The van der Waals surface area contributed by atoms with Gasteiger partial charge in [-0.15, -0.1) is 0 Å². The number of nitrogens with two attached hydrogens (primary N) is 1. The first-order chi connectivity index (χ1) is 14.5. The van der Waals surface area contributed by atoms with E-state index in [1.54, 1.807) is 30.3 Å². The second kappa shape index (κ2) is 8.42. The lowest BCUT2D eigenvalue weighted by atomic mass is 10.1. The molecule has 4 rings (SSSR count). The fourth-order valence-electron chi connectivity index (χ4n) is 3.49. The van der Waals surface area contributed by atoms with Crippen molar-refractivity contribution < 1.29 is 14.9 Å². The molecule has 0 aliphatic carbocycles. The van der Waals surface area contributed by atoms with Gasteiger partial charge in [-0.1, -0.05) is 18.2 Å². The van der Waals surface area contributed by atoms with Crippen LogP contribution < -0.4 is 15.4 Å². The molecule has 30 heavy (non-hydrogen) atoms.